The first-order valence-corrected chi connectivity index (χ1v) is 8.55. The van der Waals surface area contributed by atoms with Crippen LogP contribution in [0.5, 0.6) is 0 Å². The molecule has 1 aliphatic carbocycles. The quantitative estimate of drug-likeness (QED) is 0.520. The second-order valence-electron chi connectivity index (χ2n) is 4.19. The molecule has 0 nitrogen and oxygen atoms in total. The molecular formula is C14H12ClSi. The van der Waals surface area contributed by atoms with Crippen LogP contribution in [0.3, 0.4) is 0 Å². The van der Waals surface area contributed by atoms with Crippen molar-refractivity contribution in [2.24, 2.45) is 0 Å². The van der Waals surface area contributed by atoms with Gasteiger partial charge in [0.2, 0.25) is 0 Å². The molecule has 0 aromatic heterocycles. The molecule has 2 aromatic carbocycles. The average molecular weight is 244 g/mol. The molecule has 16 heavy (non-hydrogen) atoms. The highest BCUT2D eigenvalue weighted by molar-refractivity contribution is 7.07. The van der Waals surface area contributed by atoms with E-state index in [0.717, 1.165) is 0 Å². The van der Waals surface area contributed by atoms with Crippen molar-refractivity contribution in [1.82, 2.24) is 0 Å². The van der Waals surface area contributed by atoms with Crippen molar-refractivity contribution in [2.45, 2.75) is 12.1 Å². The summed E-state index contributed by atoms with van der Waals surface area (Å²) in [5, 5.41) is 0. The Bertz CT molecular complexity index is 488. The minimum Gasteiger partial charge on any atom is -0.168 e. The Hall–Kier alpha value is -1.05. The maximum absolute atomic E-state index is 6.44. The van der Waals surface area contributed by atoms with Crippen LogP contribution >= 0.6 is 11.1 Å². The van der Waals surface area contributed by atoms with Gasteiger partial charge in [-0.25, -0.2) is 0 Å². The molecule has 1 aliphatic rings. The molecule has 2 aromatic rings. The topological polar surface area (TPSA) is 0 Å². The molecular weight excluding hydrogens is 232 g/mol. The minimum absolute atomic E-state index is 0.444. The first-order valence-electron chi connectivity index (χ1n) is 5.46. The van der Waals surface area contributed by atoms with Crippen LogP contribution in [0.1, 0.15) is 16.7 Å². The van der Waals surface area contributed by atoms with Gasteiger partial charge in [0.25, 0.3) is 0 Å². The molecule has 1 radical (unpaired) electrons. The van der Waals surface area contributed by atoms with Crippen molar-refractivity contribution in [1.29, 1.82) is 0 Å². The van der Waals surface area contributed by atoms with E-state index in [1.807, 2.05) is 0 Å². The summed E-state index contributed by atoms with van der Waals surface area (Å²) in [5.74, 6) is 0. The Morgan fingerprint density at radius 1 is 0.875 bits per heavy atom. The number of fused-ring (bicyclic) bond motifs is 3. The summed E-state index contributed by atoms with van der Waals surface area (Å²) in [4.78, 5) is 0. The molecule has 0 atom stereocenters. The van der Waals surface area contributed by atoms with Crippen molar-refractivity contribution < 1.29 is 0 Å². The van der Waals surface area contributed by atoms with E-state index >= 15 is 0 Å². The van der Waals surface area contributed by atoms with Gasteiger partial charge in [-0.3, -0.25) is 0 Å². The van der Waals surface area contributed by atoms with Crippen LogP contribution < -0.4 is 0 Å². The molecule has 0 saturated carbocycles. The smallest absolute Gasteiger partial charge is 0.168 e. The third-order valence-electron chi connectivity index (χ3n) is 3.23. The van der Waals surface area contributed by atoms with Crippen LogP contribution in [0, 0.1) is 0 Å². The maximum Gasteiger partial charge on any atom is 0.174 e. The molecule has 0 amide bonds. The largest absolute Gasteiger partial charge is 0.174 e. The fourth-order valence-electron chi connectivity index (χ4n) is 2.58. The molecule has 0 saturated heterocycles. The molecule has 0 fully saturated rings. The van der Waals surface area contributed by atoms with Gasteiger partial charge < -0.3 is 0 Å². The predicted molar refractivity (Wildman–Crippen MR) is 71.2 cm³/mol. The Kier molecular flexibility index (Phi) is 2.38. The van der Waals surface area contributed by atoms with Crippen LogP contribution in [-0.4, -0.2) is 8.11 Å². The van der Waals surface area contributed by atoms with Crippen LogP contribution in [-0.2, 0) is 0 Å². The molecule has 3 rings (SSSR count). The highest BCUT2D eigenvalue weighted by atomic mass is 35.6. The predicted octanol–water partition coefficient (Wildman–Crippen LogP) is 4.20. The van der Waals surface area contributed by atoms with E-state index in [1.165, 1.54) is 22.3 Å². The van der Waals surface area contributed by atoms with Crippen molar-refractivity contribution in [3.05, 3.63) is 59.7 Å². The Balaban J connectivity index is 2.30. The molecule has 2 heteroatoms. The molecule has 0 spiro atoms. The zero-order valence-corrected chi connectivity index (χ0v) is 10.8. The lowest BCUT2D eigenvalue weighted by molar-refractivity contribution is 1.17. The summed E-state index contributed by atoms with van der Waals surface area (Å²) >= 11 is 6.44. The van der Waals surface area contributed by atoms with Gasteiger partial charge in [0.05, 0.1) is 0 Å². The normalized spacial score (nSPS) is 13.9. The molecule has 0 heterocycles. The van der Waals surface area contributed by atoms with Crippen molar-refractivity contribution >= 4 is 19.2 Å². The van der Waals surface area contributed by atoms with E-state index in [4.69, 9.17) is 11.1 Å². The van der Waals surface area contributed by atoms with E-state index in [9.17, 15) is 0 Å². The number of hydrogen-bond acceptors (Lipinski definition) is 0. The molecule has 79 valence electrons. The van der Waals surface area contributed by atoms with Gasteiger partial charge >= 0.3 is 0 Å². The van der Waals surface area contributed by atoms with Gasteiger partial charge in [0.1, 0.15) is 0 Å². The van der Waals surface area contributed by atoms with Gasteiger partial charge in [0.15, 0.2) is 8.11 Å². The molecule has 0 N–H and O–H groups in total. The number of hydrogen-bond donors (Lipinski definition) is 0. The van der Waals surface area contributed by atoms with E-state index in [-0.39, 0.29) is 0 Å². The van der Waals surface area contributed by atoms with Crippen molar-refractivity contribution in [3.63, 3.8) is 0 Å². The third kappa shape index (κ3) is 1.35. The number of halogens is 1. The molecule has 0 bridgehead atoms. The first-order chi connectivity index (χ1) is 7.79. The fraction of sp³-hybridized carbons (Fsp3) is 0.143. The summed E-state index contributed by atoms with van der Waals surface area (Å²) in [6.07, 6.45) is 0. The minimum atomic E-state index is -0.864. The zero-order chi connectivity index (χ0) is 11.1. The summed E-state index contributed by atoms with van der Waals surface area (Å²) in [7, 11) is -0.864. The Labute approximate surface area is 102 Å². The van der Waals surface area contributed by atoms with Gasteiger partial charge in [-0.2, -0.15) is 11.1 Å². The van der Waals surface area contributed by atoms with E-state index in [2.05, 4.69) is 55.1 Å². The summed E-state index contributed by atoms with van der Waals surface area (Å²) in [5.41, 5.74) is 6.01. The average Bonchev–Trinajstić information content (AvgIpc) is 2.63. The lowest BCUT2D eigenvalue weighted by Crippen LogP contribution is -2.12. The lowest BCUT2D eigenvalue weighted by Gasteiger charge is -2.13. The SMILES string of the molecule is C[Si](Cl)C1c2ccccc2-c2ccccc21. The maximum atomic E-state index is 6.44. The highest BCUT2D eigenvalue weighted by Gasteiger charge is 2.31. The Morgan fingerprint density at radius 3 is 1.75 bits per heavy atom. The number of rotatable bonds is 1. The highest BCUT2D eigenvalue weighted by Crippen LogP contribution is 2.46. The lowest BCUT2D eigenvalue weighted by atomic mass is 10.1. The van der Waals surface area contributed by atoms with E-state index in [0.29, 0.717) is 5.54 Å². The van der Waals surface area contributed by atoms with Crippen molar-refractivity contribution in [3.8, 4) is 11.1 Å². The second-order valence-corrected chi connectivity index (χ2v) is 7.73. The Morgan fingerprint density at radius 2 is 1.31 bits per heavy atom. The zero-order valence-electron chi connectivity index (χ0n) is 9.07. The fourth-order valence-corrected chi connectivity index (χ4v) is 4.65. The monoisotopic (exact) mass is 243 g/mol. The number of benzene rings is 2. The van der Waals surface area contributed by atoms with Gasteiger partial charge in [-0.05, 0) is 22.3 Å². The third-order valence-corrected chi connectivity index (χ3v) is 5.30. The van der Waals surface area contributed by atoms with Crippen LogP contribution in [0.4, 0.5) is 0 Å². The summed E-state index contributed by atoms with van der Waals surface area (Å²) < 4.78 is 0. The van der Waals surface area contributed by atoms with Gasteiger partial charge in [0, 0.05) is 5.54 Å². The van der Waals surface area contributed by atoms with Gasteiger partial charge in [-0.15, -0.1) is 0 Å². The molecule has 0 unspecified atom stereocenters. The van der Waals surface area contributed by atoms with Gasteiger partial charge in [-0.1, -0.05) is 55.1 Å². The van der Waals surface area contributed by atoms with E-state index < -0.39 is 8.11 Å². The van der Waals surface area contributed by atoms with Crippen LogP contribution in [0.15, 0.2) is 48.5 Å². The molecule has 0 aliphatic heterocycles. The summed E-state index contributed by atoms with van der Waals surface area (Å²) in [6, 6.07) is 17.3. The van der Waals surface area contributed by atoms with Crippen LogP contribution in [0.2, 0.25) is 6.55 Å². The van der Waals surface area contributed by atoms with E-state index in [1.54, 1.807) is 0 Å². The first kappa shape index (κ1) is 10.1. The second kappa shape index (κ2) is 3.76. The van der Waals surface area contributed by atoms with Crippen LogP contribution in [0.25, 0.3) is 11.1 Å². The standard InChI is InChI=1S/C14H12ClSi/c1-16(15)14-12-8-4-2-6-10(12)11-7-3-5-9-13(11)14/h2-9,14H,1H3. The van der Waals surface area contributed by atoms with Crippen molar-refractivity contribution in [2.75, 3.05) is 0 Å². The summed E-state index contributed by atoms with van der Waals surface area (Å²) in [6.45, 7) is 2.18.